The summed E-state index contributed by atoms with van der Waals surface area (Å²) in [5.41, 5.74) is 3.85. The Hall–Kier alpha value is -0.690. The SMILES string of the molecule is Cc1ccc(Cl)c2c1NCCC2. The fraction of sp³-hybridized carbons (Fsp3) is 0.400. The molecule has 1 aliphatic rings. The maximum atomic E-state index is 6.07. The molecule has 1 aromatic carbocycles. The van der Waals surface area contributed by atoms with Gasteiger partial charge < -0.3 is 5.32 Å². The molecule has 0 aromatic heterocycles. The van der Waals surface area contributed by atoms with Gasteiger partial charge in [0.05, 0.1) is 0 Å². The minimum atomic E-state index is 0.905. The Balaban J connectivity index is 2.57. The molecule has 1 aliphatic heterocycles. The summed E-state index contributed by atoms with van der Waals surface area (Å²) in [6, 6.07) is 4.06. The van der Waals surface area contributed by atoms with Crippen molar-refractivity contribution in [2.45, 2.75) is 19.8 Å². The zero-order valence-electron chi connectivity index (χ0n) is 7.15. The van der Waals surface area contributed by atoms with Gasteiger partial charge in [0, 0.05) is 17.3 Å². The molecule has 0 atom stereocenters. The highest BCUT2D eigenvalue weighted by atomic mass is 35.5. The van der Waals surface area contributed by atoms with Crippen LogP contribution in [0.2, 0.25) is 5.02 Å². The van der Waals surface area contributed by atoms with E-state index in [1.54, 1.807) is 0 Å². The Morgan fingerprint density at radius 3 is 3.00 bits per heavy atom. The minimum Gasteiger partial charge on any atom is -0.385 e. The van der Waals surface area contributed by atoms with Crippen LogP contribution in [0.25, 0.3) is 0 Å². The van der Waals surface area contributed by atoms with Crippen molar-refractivity contribution in [2.75, 3.05) is 11.9 Å². The summed E-state index contributed by atoms with van der Waals surface area (Å²) in [4.78, 5) is 0. The highest BCUT2D eigenvalue weighted by Gasteiger charge is 2.13. The highest BCUT2D eigenvalue weighted by Crippen LogP contribution is 2.31. The smallest absolute Gasteiger partial charge is 0.0458 e. The maximum Gasteiger partial charge on any atom is 0.0458 e. The van der Waals surface area contributed by atoms with Crippen molar-refractivity contribution in [2.24, 2.45) is 0 Å². The average Bonchev–Trinajstić information content (AvgIpc) is 2.12. The van der Waals surface area contributed by atoms with Gasteiger partial charge in [0.15, 0.2) is 0 Å². The lowest BCUT2D eigenvalue weighted by molar-refractivity contribution is 0.828. The van der Waals surface area contributed by atoms with Crippen LogP contribution < -0.4 is 5.32 Å². The number of hydrogen-bond donors (Lipinski definition) is 1. The average molecular weight is 182 g/mol. The molecule has 12 heavy (non-hydrogen) atoms. The monoisotopic (exact) mass is 181 g/mol. The summed E-state index contributed by atoms with van der Waals surface area (Å²) in [6.45, 7) is 3.20. The van der Waals surface area contributed by atoms with Crippen LogP contribution in [-0.2, 0) is 6.42 Å². The van der Waals surface area contributed by atoms with Gasteiger partial charge in [0.25, 0.3) is 0 Å². The number of benzene rings is 1. The van der Waals surface area contributed by atoms with Crippen molar-refractivity contribution < 1.29 is 0 Å². The molecule has 0 saturated carbocycles. The van der Waals surface area contributed by atoms with Crippen LogP contribution in [-0.4, -0.2) is 6.54 Å². The zero-order chi connectivity index (χ0) is 8.55. The van der Waals surface area contributed by atoms with Crippen molar-refractivity contribution in [1.29, 1.82) is 0 Å². The number of fused-ring (bicyclic) bond motifs is 1. The van der Waals surface area contributed by atoms with Crippen LogP contribution in [0.1, 0.15) is 17.5 Å². The van der Waals surface area contributed by atoms with Crippen LogP contribution in [0, 0.1) is 6.92 Å². The number of halogens is 1. The molecular formula is C10H12ClN. The standard InChI is InChI=1S/C10H12ClN/c1-7-4-5-9(11)8-3-2-6-12-10(7)8/h4-5,12H,2-3,6H2,1H3. The Labute approximate surface area is 77.7 Å². The first-order valence-electron chi connectivity index (χ1n) is 4.31. The lowest BCUT2D eigenvalue weighted by Gasteiger charge is -2.20. The van der Waals surface area contributed by atoms with E-state index in [2.05, 4.69) is 18.3 Å². The number of aryl methyl sites for hydroxylation is 1. The van der Waals surface area contributed by atoms with Gasteiger partial charge in [-0.15, -0.1) is 0 Å². The molecule has 2 rings (SSSR count). The van der Waals surface area contributed by atoms with E-state index in [-0.39, 0.29) is 0 Å². The Morgan fingerprint density at radius 2 is 2.25 bits per heavy atom. The third-order valence-corrected chi connectivity index (χ3v) is 2.72. The molecule has 1 N–H and O–H groups in total. The largest absolute Gasteiger partial charge is 0.385 e. The van der Waals surface area contributed by atoms with Crippen molar-refractivity contribution in [1.82, 2.24) is 0 Å². The van der Waals surface area contributed by atoms with Crippen LogP contribution in [0.5, 0.6) is 0 Å². The van der Waals surface area contributed by atoms with E-state index in [0.717, 1.165) is 18.0 Å². The molecule has 0 fully saturated rings. The van der Waals surface area contributed by atoms with Gasteiger partial charge in [0.2, 0.25) is 0 Å². The van der Waals surface area contributed by atoms with Gasteiger partial charge in [-0.2, -0.15) is 0 Å². The van der Waals surface area contributed by atoms with E-state index in [9.17, 15) is 0 Å². The summed E-state index contributed by atoms with van der Waals surface area (Å²) in [5, 5.41) is 4.29. The first kappa shape index (κ1) is 7.93. The summed E-state index contributed by atoms with van der Waals surface area (Å²) in [5.74, 6) is 0. The van der Waals surface area contributed by atoms with Gasteiger partial charge in [-0.05, 0) is 37.0 Å². The van der Waals surface area contributed by atoms with Gasteiger partial charge in [-0.3, -0.25) is 0 Å². The predicted octanol–water partition coefficient (Wildman–Crippen LogP) is 3.01. The van der Waals surface area contributed by atoms with Crippen molar-refractivity contribution in [3.8, 4) is 0 Å². The molecule has 1 heterocycles. The van der Waals surface area contributed by atoms with E-state index in [0.29, 0.717) is 0 Å². The summed E-state index contributed by atoms with van der Waals surface area (Å²) in [6.07, 6.45) is 2.30. The summed E-state index contributed by atoms with van der Waals surface area (Å²) < 4.78 is 0. The lowest BCUT2D eigenvalue weighted by Crippen LogP contribution is -2.13. The second-order valence-electron chi connectivity index (χ2n) is 3.25. The molecule has 0 unspecified atom stereocenters. The number of rotatable bonds is 0. The third-order valence-electron chi connectivity index (χ3n) is 2.37. The van der Waals surface area contributed by atoms with E-state index in [4.69, 9.17) is 11.6 Å². The van der Waals surface area contributed by atoms with Crippen molar-refractivity contribution >= 4 is 17.3 Å². The maximum absolute atomic E-state index is 6.07. The van der Waals surface area contributed by atoms with Gasteiger partial charge in [-0.25, -0.2) is 0 Å². The number of anilines is 1. The van der Waals surface area contributed by atoms with E-state index in [1.807, 2.05) is 6.07 Å². The first-order valence-corrected chi connectivity index (χ1v) is 4.68. The lowest BCUT2D eigenvalue weighted by atomic mass is 10.0. The quantitative estimate of drug-likeness (QED) is 0.649. The molecule has 2 heteroatoms. The second-order valence-corrected chi connectivity index (χ2v) is 3.66. The Kier molecular flexibility index (Phi) is 1.97. The first-order chi connectivity index (χ1) is 5.79. The summed E-state index contributed by atoms with van der Waals surface area (Å²) >= 11 is 6.07. The summed E-state index contributed by atoms with van der Waals surface area (Å²) in [7, 11) is 0. The molecular weight excluding hydrogens is 170 g/mol. The topological polar surface area (TPSA) is 12.0 Å². The minimum absolute atomic E-state index is 0.905. The van der Waals surface area contributed by atoms with Crippen LogP contribution in [0.4, 0.5) is 5.69 Å². The molecule has 0 saturated heterocycles. The van der Waals surface area contributed by atoms with E-state index >= 15 is 0 Å². The predicted molar refractivity (Wildman–Crippen MR) is 53.0 cm³/mol. The van der Waals surface area contributed by atoms with E-state index in [1.165, 1.54) is 23.2 Å². The fourth-order valence-corrected chi connectivity index (χ4v) is 1.96. The Bertz CT molecular complexity index is 276. The third kappa shape index (κ3) is 1.18. The van der Waals surface area contributed by atoms with E-state index < -0.39 is 0 Å². The van der Waals surface area contributed by atoms with Gasteiger partial charge in [0.1, 0.15) is 0 Å². The molecule has 64 valence electrons. The molecule has 0 spiro atoms. The molecule has 0 aliphatic carbocycles. The van der Waals surface area contributed by atoms with Gasteiger partial charge in [-0.1, -0.05) is 17.7 Å². The van der Waals surface area contributed by atoms with Crippen molar-refractivity contribution in [3.63, 3.8) is 0 Å². The molecule has 1 nitrogen and oxygen atoms in total. The molecule has 0 bridgehead atoms. The van der Waals surface area contributed by atoms with Crippen LogP contribution >= 0.6 is 11.6 Å². The number of nitrogens with one attached hydrogen (secondary N) is 1. The Morgan fingerprint density at radius 1 is 1.42 bits per heavy atom. The van der Waals surface area contributed by atoms with Gasteiger partial charge >= 0.3 is 0 Å². The number of hydrogen-bond acceptors (Lipinski definition) is 1. The molecule has 0 amide bonds. The van der Waals surface area contributed by atoms with Crippen LogP contribution in [0.3, 0.4) is 0 Å². The second kappa shape index (κ2) is 2.98. The molecule has 1 aromatic rings. The highest BCUT2D eigenvalue weighted by molar-refractivity contribution is 6.31. The van der Waals surface area contributed by atoms with Crippen molar-refractivity contribution in [3.05, 3.63) is 28.3 Å². The normalized spacial score (nSPS) is 15.2. The fourth-order valence-electron chi connectivity index (χ4n) is 1.71. The molecule has 0 radical (unpaired) electrons. The van der Waals surface area contributed by atoms with Crippen LogP contribution in [0.15, 0.2) is 12.1 Å². The zero-order valence-corrected chi connectivity index (χ0v) is 7.91.